The van der Waals surface area contributed by atoms with Crippen molar-refractivity contribution in [2.75, 3.05) is 0 Å². The Balaban J connectivity index is 3.39. The van der Waals surface area contributed by atoms with Crippen LogP contribution in [0, 0.1) is 52.9 Å². The van der Waals surface area contributed by atoms with Gasteiger partial charge in [-0.3, -0.25) is 0 Å². The summed E-state index contributed by atoms with van der Waals surface area (Å²) in [5.74, 6) is 0.347. The van der Waals surface area contributed by atoms with Crippen LogP contribution in [0.2, 0.25) is 0 Å². The molecule has 0 saturated carbocycles. The number of ketones is 1. The van der Waals surface area contributed by atoms with Gasteiger partial charge < -0.3 is 0 Å². The van der Waals surface area contributed by atoms with Crippen molar-refractivity contribution >= 4 is 5.96 Å². The Morgan fingerprint density at radius 1 is 1.45 bits per heavy atom. The SMILES string of the molecule is CC(=O)C(C)CCC[C](=O)[Eu]. The van der Waals surface area contributed by atoms with Crippen molar-refractivity contribution in [2.24, 2.45) is 5.92 Å². The zero-order chi connectivity index (χ0) is 8.85. The molecule has 0 aromatic carbocycles. The normalized spacial score (nSPS) is 12.6. The molecule has 0 fully saturated rings. The van der Waals surface area contributed by atoms with Gasteiger partial charge in [-0.2, -0.15) is 0 Å². The molecule has 0 spiro atoms. The van der Waals surface area contributed by atoms with Crippen molar-refractivity contribution in [2.45, 2.75) is 33.1 Å². The summed E-state index contributed by atoms with van der Waals surface area (Å²) in [5, 5.41) is 0. The Hall–Kier alpha value is 0.924. The molecule has 0 aromatic rings. The first-order valence-corrected chi connectivity index (χ1v) is 4.94. The molecular formula is C8H13EuO2. The van der Waals surface area contributed by atoms with Crippen LogP contribution in [0.3, 0.4) is 0 Å². The standard InChI is InChI=1S/C8H13O2.Eu/c1-7(8(2)10)5-3-4-6-9;/h7H,3-5H2,1-2H3;. The van der Waals surface area contributed by atoms with E-state index in [0.29, 0.717) is 6.42 Å². The Bertz CT molecular complexity index is 154. The Labute approximate surface area is 100 Å². The Morgan fingerprint density at radius 2 is 2.00 bits per heavy atom. The molecule has 0 aliphatic rings. The van der Waals surface area contributed by atoms with E-state index in [9.17, 15) is 9.59 Å². The molecule has 0 rings (SSSR count). The molecule has 64 valence electrons. The van der Waals surface area contributed by atoms with Gasteiger partial charge in [-0.25, -0.2) is 0 Å². The van der Waals surface area contributed by atoms with Crippen LogP contribution < -0.4 is 0 Å². The molecule has 0 amide bonds. The van der Waals surface area contributed by atoms with Crippen molar-refractivity contribution in [3.05, 3.63) is 0 Å². The van der Waals surface area contributed by atoms with Crippen LogP contribution in [-0.2, 0) is 9.59 Å². The molecule has 0 aromatic heterocycles. The molecule has 0 aliphatic heterocycles. The van der Waals surface area contributed by atoms with Crippen LogP contribution >= 0.6 is 0 Å². The van der Waals surface area contributed by atoms with Gasteiger partial charge in [-0.15, -0.1) is 0 Å². The third kappa shape index (κ3) is 7.29. The average Bonchev–Trinajstić information content (AvgIpc) is 1.86. The quantitative estimate of drug-likeness (QED) is 0.769. The second-order valence-corrected chi connectivity index (χ2v) is 4.11. The van der Waals surface area contributed by atoms with Gasteiger partial charge in [0.15, 0.2) is 0 Å². The van der Waals surface area contributed by atoms with Gasteiger partial charge in [0.1, 0.15) is 0 Å². The van der Waals surface area contributed by atoms with E-state index in [-0.39, 0.29) is 11.9 Å². The zero-order valence-electron chi connectivity index (χ0n) is 6.89. The van der Waals surface area contributed by atoms with Gasteiger partial charge in [0, 0.05) is 0 Å². The fraction of sp³-hybridized carbons (Fsp3) is 0.750. The molecule has 3 heteroatoms. The summed E-state index contributed by atoms with van der Waals surface area (Å²) in [6.45, 7) is 3.51. The van der Waals surface area contributed by atoms with Gasteiger partial charge in [0.2, 0.25) is 0 Å². The summed E-state index contributed by atoms with van der Waals surface area (Å²) in [5.41, 5.74) is 0. The first kappa shape index (κ1) is 11.9. The molecule has 0 heterocycles. The fourth-order valence-electron chi connectivity index (χ4n) is 0.750. The van der Waals surface area contributed by atoms with E-state index in [2.05, 4.69) is 0 Å². The topological polar surface area (TPSA) is 34.1 Å². The van der Waals surface area contributed by atoms with Gasteiger partial charge in [0.25, 0.3) is 0 Å². The number of rotatable bonds is 5. The van der Waals surface area contributed by atoms with Gasteiger partial charge in [-0.1, -0.05) is 0 Å². The first-order chi connectivity index (χ1) is 5.04. The molecule has 11 heavy (non-hydrogen) atoms. The van der Waals surface area contributed by atoms with Crippen LogP contribution in [0.15, 0.2) is 0 Å². The molecule has 1 atom stereocenters. The second-order valence-electron chi connectivity index (χ2n) is 2.76. The maximum atomic E-state index is 10.7. The summed E-state index contributed by atoms with van der Waals surface area (Å²) >= 11 is 1.21. The summed E-state index contributed by atoms with van der Waals surface area (Å²) in [6, 6.07) is 0. The van der Waals surface area contributed by atoms with Crippen LogP contribution in [0.25, 0.3) is 0 Å². The maximum absolute atomic E-state index is 10.7. The summed E-state index contributed by atoms with van der Waals surface area (Å²) < 4.78 is 0.265. The first-order valence-electron chi connectivity index (χ1n) is 3.73. The van der Waals surface area contributed by atoms with E-state index in [1.165, 1.54) is 47.0 Å². The Morgan fingerprint density at radius 3 is 2.36 bits per heavy atom. The third-order valence-corrected chi connectivity index (χ3v) is 2.31. The number of carbonyl (C=O) groups is 2. The minimum atomic E-state index is 0.126. The molecule has 2 nitrogen and oxygen atoms in total. The van der Waals surface area contributed by atoms with E-state index in [0.717, 1.165) is 12.8 Å². The molecular weight excluding hydrogens is 280 g/mol. The molecule has 0 N–H and O–H groups in total. The van der Waals surface area contributed by atoms with Crippen LogP contribution in [0.4, 0.5) is 0 Å². The number of hydrogen-bond donors (Lipinski definition) is 0. The van der Waals surface area contributed by atoms with E-state index in [1.807, 2.05) is 6.92 Å². The second kappa shape index (κ2) is 6.44. The fourth-order valence-corrected chi connectivity index (χ4v) is 1.18. The number of Topliss-reactive ketones (excluding diaryl/α,β-unsaturated/α-hetero) is 1. The third-order valence-electron chi connectivity index (χ3n) is 1.70. The average molecular weight is 293 g/mol. The van der Waals surface area contributed by atoms with Gasteiger partial charge in [0.05, 0.1) is 0 Å². The van der Waals surface area contributed by atoms with E-state index in [4.69, 9.17) is 0 Å². The monoisotopic (exact) mass is 294 g/mol. The van der Waals surface area contributed by atoms with Gasteiger partial charge in [-0.05, 0) is 0 Å². The van der Waals surface area contributed by atoms with E-state index < -0.39 is 0 Å². The molecule has 1 unspecified atom stereocenters. The molecule has 0 radical (unpaired) electrons. The predicted octanol–water partition coefficient (Wildman–Crippen LogP) is 1.46. The number of hydrogen-bond acceptors (Lipinski definition) is 2. The Kier molecular flexibility index (Phi) is 6.98. The molecule has 0 bridgehead atoms. The van der Waals surface area contributed by atoms with Crippen LogP contribution in [0.5, 0.6) is 0 Å². The van der Waals surface area contributed by atoms with Crippen LogP contribution in [0.1, 0.15) is 33.1 Å². The molecule has 0 saturated heterocycles. The van der Waals surface area contributed by atoms with Gasteiger partial charge >= 0.3 is 102 Å². The van der Waals surface area contributed by atoms with Crippen LogP contribution in [-0.4, -0.2) is 5.96 Å². The predicted molar refractivity (Wildman–Crippen MR) is 38.7 cm³/mol. The van der Waals surface area contributed by atoms with Crippen molar-refractivity contribution in [1.82, 2.24) is 0 Å². The van der Waals surface area contributed by atoms with Crippen molar-refractivity contribution < 1.29 is 56.6 Å². The van der Waals surface area contributed by atoms with Crippen molar-refractivity contribution in [3.8, 4) is 0 Å². The number of carbonyl (C=O) groups excluding carboxylic acids is 2. The van der Waals surface area contributed by atoms with Crippen molar-refractivity contribution in [1.29, 1.82) is 0 Å². The minimum absolute atomic E-state index is 0.126. The van der Waals surface area contributed by atoms with Crippen molar-refractivity contribution in [3.63, 3.8) is 0 Å². The molecule has 0 aliphatic carbocycles. The zero-order valence-corrected chi connectivity index (χ0v) is 9.32. The van der Waals surface area contributed by atoms with E-state index >= 15 is 0 Å². The van der Waals surface area contributed by atoms with E-state index in [1.54, 1.807) is 6.92 Å². The summed E-state index contributed by atoms with van der Waals surface area (Å²) in [4.78, 5) is 21.3. The summed E-state index contributed by atoms with van der Waals surface area (Å²) in [7, 11) is 0. The summed E-state index contributed by atoms with van der Waals surface area (Å²) in [6.07, 6.45) is 2.34.